The highest BCUT2D eigenvalue weighted by Gasteiger charge is 2.37. The van der Waals surface area contributed by atoms with Gasteiger partial charge in [-0.05, 0) is 60.3 Å². The molecule has 0 radical (unpaired) electrons. The van der Waals surface area contributed by atoms with E-state index >= 15 is 0 Å². The van der Waals surface area contributed by atoms with Gasteiger partial charge in [-0.1, -0.05) is 0 Å². The second-order valence-electron chi connectivity index (χ2n) is 5.61. The van der Waals surface area contributed by atoms with E-state index in [1.807, 2.05) is 0 Å². The minimum Gasteiger partial charge on any atom is -0.316 e. The third kappa shape index (κ3) is 3.97. The predicted molar refractivity (Wildman–Crippen MR) is 77.5 cm³/mol. The number of rotatable bonds is 4. The minimum atomic E-state index is -2.60. The van der Waals surface area contributed by atoms with Gasteiger partial charge in [-0.25, -0.2) is 17.6 Å². The number of nitrogens with one attached hydrogen (secondary N) is 1. The lowest BCUT2D eigenvalue weighted by molar-refractivity contribution is -0.0493. The molecule has 2 rings (SSSR count). The molecule has 1 nitrogen and oxygen atoms in total. The van der Waals surface area contributed by atoms with Gasteiger partial charge in [-0.3, -0.25) is 0 Å². The summed E-state index contributed by atoms with van der Waals surface area (Å²) in [6, 6.07) is 2.33. The zero-order valence-electron chi connectivity index (χ0n) is 11.7. The Labute approximate surface area is 130 Å². The van der Waals surface area contributed by atoms with Crippen LogP contribution < -0.4 is 5.32 Å². The fraction of sp³-hybridized carbons (Fsp3) is 0.600. The van der Waals surface area contributed by atoms with Gasteiger partial charge in [0.05, 0.1) is 4.47 Å². The zero-order chi connectivity index (χ0) is 15.6. The van der Waals surface area contributed by atoms with Crippen LogP contribution in [0.25, 0.3) is 0 Å². The summed E-state index contributed by atoms with van der Waals surface area (Å²) in [7, 11) is 1.70. The Balaban J connectivity index is 2.12. The number of likely N-dealkylation sites (N-methyl/N-ethyl adjacent to an activating group) is 1. The number of halogens is 5. The fourth-order valence-electron chi connectivity index (χ4n) is 2.95. The Morgan fingerprint density at radius 3 is 2.48 bits per heavy atom. The summed E-state index contributed by atoms with van der Waals surface area (Å²) in [4.78, 5) is 0. The van der Waals surface area contributed by atoms with E-state index in [0.717, 1.165) is 0 Å². The maximum absolute atomic E-state index is 14.0. The smallest absolute Gasteiger partial charge is 0.248 e. The Kier molecular flexibility index (Phi) is 5.30. The summed E-state index contributed by atoms with van der Waals surface area (Å²) < 4.78 is 54.4. The van der Waals surface area contributed by atoms with Crippen LogP contribution in [0.4, 0.5) is 17.6 Å². The van der Waals surface area contributed by atoms with Crippen molar-refractivity contribution in [1.82, 2.24) is 5.32 Å². The predicted octanol–water partition coefficient (Wildman–Crippen LogP) is 4.68. The number of alkyl halides is 2. The minimum absolute atomic E-state index is 0.000980. The first-order chi connectivity index (χ1) is 9.84. The van der Waals surface area contributed by atoms with E-state index in [0.29, 0.717) is 12.8 Å². The first kappa shape index (κ1) is 16.7. The van der Waals surface area contributed by atoms with Crippen molar-refractivity contribution in [1.29, 1.82) is 0 Å². The summed E-state index contributed by atoms with van der Waals surface area (Å²) in [5.41, 5.74) is 0.000980. The zero-order valence-corrected chi connectivity index (χ0v) is 13.3. The van der Waals surface area contributed by atoms with E-state index in [1.165, 1.54) is 12.1 Å². The molecule has 0 heterocycles. The van der Waals surface area contributed by atoms with Crippen LogP contribution in [0.3, 0.4) is 0 Å². The summed E-state index contributed by atoms with van der Waals surface area (Å²) in [6.07, 6.45) is 0.591. The number of benzene rings is 1. The van der Waals surface area contributed by atoms with Crippen molar-refractivity contribution < 1.29 is 17.6 Å². The normalized spacial score (nSPS) is 20.5. The summed E-state index contributed by atoms with van der Waals surface area (Å²) in [5, 5.41) is 3.03. The van der Waals surface area contributed by atoms with Gasteiger partial charge in [0.2, 0.25) is 5.92 Å². The molecular formula is C15H18BrF4N. The van der Waals surface area contributed by atoms with Crippen LogP contribution in [0.1, 0.15) is 31.2 Å². The molecule has 1 aliphatic rings. The van der Waals surface area contributed by atoms with Crippen LogP contribution >= 0.6 is 15.9 Å². The van der Waals surface area contributed by atoms with E-state index in [9.17, 15) is 17.6 Å². The maximum atomic E-state index is 14.0. The second kappa shape index (κ2) is 6.65. The van der Waals surface area contributed by atoms with Gasteiger partial charge in [0.15, 0.2) is 0 Å². The van der Waals surface area contributed by atoms with E-state index < -0.39 is 17.6 Å². The third-order valence-corrected chi connectivity index (χ3v) is 4.88. The van der Waals surface area contributed by atoms with Crippen LogP contribution in [-0.4, -0.2) is 19.0 Å². The van der Waals surface area contributed by atoms with Gasteiger partial charge in [0.25, 0.3) is 0 Å². The summed E-state index contributed by atoms with van der Waals surface area (Å²) in [5.74, 6) is -3.80. The molecule has 0 saturated heterocycles. The monoisotopic (exact) mass is 367 g/mol. The van der Waals surface area contributed by atoms with Crippen molar-refractivity contribution in [3.05, 3.63) is 33.8 Å². The highest BCUT2D eigenvalue weighted by molar-refractivity contribution is 9.10. The highest BCUT2D eigenvalue weighted by atomic mass is 79.9. The van der Waals surface area contributed by atoms with Crippen molar-refractivity contribution in [3.8, 4) is 0 Å². The molecule has 118 valence electrons. The van der Waals surface area contributed by atoms with E-state index in [1.54, 1.807) is 7.05 Å². The molecule has 6 heteroatoms. The molecule has 0 aliphatic heterocycles. The maximum Gasteiger partial charge on any atom is 0.248 e. The van der Waals surface area contributed by atoms with Crippen LogP contribution in [0.2, 0.25) is 0 Å². The second-order valence-corrected chi connectivity index (χ2v) is 6.47. The molecule has 1 aromatic carbocycles. The van der Waals surface area contributed by atoms with Gasteiger partial charge >= 0.3 is 0 Å². The van der Waals surface area contributed by atoms with Gasteiger partial charge in [0.1, 0.15) is 11.6 Å². The molecular weight excluding hydrogens is 350 g/mol. The van der Waals surface area contributed by atoms with Crippen LogP contribution in [0, 0.1) is 17.6 Å². The molecule has 21 heavy (non-hydrogen) atoms. The van der Waals surface area contributed by atoms with Gasteiger partial charge in [0, 0.05) is 24.4 Å². The largest absolute Gasteiger partial charge is 0.316 e. The first-order valence-electron chi connectivity index (χ1n) is 7.01. The van der Waals surface area contributed by atoms with E-state index in [2.05, 4.69) is 21.2 Å². The van der Waals surface area contributed by atoms with Crippen LogP contribution in [-0.2, 0) is 6.42 Å². The van der Waals surface area contributed by atoms with Gasteiger partial charge < -0.3 is 5.32 Å². The van der Waals surface area contributed by atoms with Crippen LogP contribution in [0.15, 0.2) is 16.6 Å². The Morgan fingerprint density at radius 2 is 1.90 bits per heavy atom. The average Bonchev–Trinajstić information content (AvgIpc) is 2.44. The molecule has 1 aromatic rings. The van der Waals surface area contributed by atoms with Crippen molar-refractivity contribution in [3.63, 3.8) is 0 Å². The van der Waals surface area contributed by atoms with E-state index in [4.69, 9.17) is 0 Å². The molecule has 1 unspecified atom stereocenters. The fourth-order valence-corrected chi connectivity index (χ4v) is 3.32. The quantitative estimate of drug-likeness (QED) is 0.601. The molecule has 1 atom stereocenters. The van der Waals surface area contributed by atoms with Crippen molar-refractivity contribution in [2.45, 2.75) is 44.1 Å². The van der Waals surface area contributed by atoms with Crippen molar-refractivity contribution in [2.75, 3.05) is 7.05 Å². The molecule has 0 aromatic heterocycles. The van der Waals surface area contributed by atoms with Gasteiger partial charge in [-0.15, -0.1) is 0 Å². The Hall–Kier alpha value is -0.620. The third-order valence-electron chi connectivity index (χ3n) is 4.26. The van der Waals surface area contributed by atoms with Gasteiger partial charge in [-0.2, -0.15) is 0 Å². The van der Waals surface area contributed by atoms with Crippen molar-refractivity contribution >= 4 is 15.9 Å². The highest BCUT2D eigenvalue weighted by Crippen LogP contribution is 2.38. The Bertz CT molecular complexity index is 497. The number of hydrogen-bond donors (Lipinski definition) is 1. The van der Waals surface area contributed by atoms with Crippen molar-refractivity contribution in [2.24, 2.45) is 5.92 Å². The summed E-state index contributed by atoms with van der Waals surface area (Å²) in [6.45, 7) is 0. The molecule has 0 amide bonds. The lowest BCUT2D eigenvalue weighted by Crippen LogP contribution is -2.40. The number of hydrogen-bond acceptors (Lipinski definition) is 1. The molecule has 1 saturated carbocycles. The molecule has 1 fully saturated rings. The molecule has 1 N–H and O–H groups in total. The SMILES string of the molecule is CNC(Cc1c(F)ccc(Br)c1F)C1CCC(F)(F)CC1. The van der Waals surface area contributed by atoms with E-state index in [-0.39, 0.29) is 41.3 Å². The first-order valence-corrected chi connectivity index (χ1v) is 7.81. The molecule has 1 aliphatic carbocycles. The standard InChI is InChI=1S/C15H18BrF4N/c1-21-13(9-4-6-15(19,20)7-5-9)8-10-12(17)3-2-11(16)14(10)18/h2-3,9,13,21H,4-8H2,1H3. The molecule has 0 bridgehead atoms. The molecule has 0 spiro atoms. The topological polar surface area (TPSA) is 12.0 Å². The lowest BCUT2D eigenvalue weighted by Gasteiger charge is -2.33. The summed E-state index contributed by atoms with van der Waals surface area (Å²) >= 11 is 3.04. The van der Waals surface area contributed by atoms with Crippen LogP contribution in [0.5, 0.6) is 0 Å². The Morgan fingerprint density at radius 1 is 1.29 bits per heavy atom. The lowest BCUT2D eigenvalue weighted by atomic mass is 9.80. The average molecular weight is 368 g/mol.